The van der Waals surface area contributed by atoms with Crippen LogP contribution in [0.15, 0.2) is 24.3 Å². The summed E-state index contributed by atoms with van der Waals surface area (Å²) >= 11 is 0. The van der Waals surface area contributed by atoms with Crippen molar-refractivity contribution >= 4 is 0 Å². The Balaban J connectivity index is 2.72. The quantitative estimate of drug-likeness (QED) is 0.776. The zero-order valence-corrected chi connectivity index (χ0v) is 9.21. The van der Waals surface area contributed by atoms with Crippen LogP contribution in [0, 0.1) is 0 Å². The van der Waals surface area contributed by atoms with Gasteiger partial charge in [-0.05, 0) is 26.0 Å². The van der Waals surface area contributed by atoms with E-state index in [1.54, 1.807) is 7.11 Å². The minimum absolute atomic E-state index is 0.353. The molecule has 1 aromatic carbocycles. The van der Waals surface area contributed by atoms with Crippen LogP contribution in [0.2, 0.25) is 0 Å². The Morgan fingerprint density at radius 1 is 1.36 bits per heavy atom. The Bertz CT molecular complexity index is 273. The number of nitrogens with one attached hydrogen (secondary N) is 1. The molecule has 0 saturated heterocycles. The normalized spacial score (nSPS) is 12.5. The van der Waals surface area contributed by atoms with Gasteiger partial charge < -0.3 is 10.1 Å². The molecule has 78 valence electrons. The molecule has 0 unspecified atom stereocenters. The summed E-state index contributed by atoms with van der Waals surface area (Å²) in [6.45, 7) is 5.37. The molecule has 0 aliphatic heterocycles. The third kappa shape index (κ3) is 2.74. The minimum atomic E-state index is 0.353. The van der Waals surface area contributed by atoms with Gasteiger partial charge in [-0.25, -0.2) is 0 Å². The Labute approximate surface area is 86.3 Å². The van der Waals surface area contributed by atoms with Crippen molar-refractivity contribution in [1.82, 2.24) is 5.32 Å². The van der Waals surface area contributed by atoms with Crippen molar-refractivity contribution in [2.45, 2.75) is 26.3 Å². The van der Waals surface area contributed by atoms with Gasteiger partial charge in [0.25, 0.3) is 0 Å². The summed E-state index contributed by atoms with van der Waals surface area (Å²) in [4.78, 5) is 0. The van der Waals surface area contributed by atoms with Crippen LogP contribution in [0.5, 0.6) is 5.75 Å². The molecule has 0 saturated carbocycles. The molecule has 1 rings (SSSR count). The molecular weight excluding hydrogens is 174 g/mol. The Morgan fingerprint density at radius 2 is 2.07 bits per heavy atom. The largest absolute Gasteiger partial charge is 0.496 e. The number of hydrogen-bond donors (Lipinski definition) is 1. The van der Waals surface area contributed by atoms with Gasteiger partial charge in [0, 0.05) is 11.6 Å². The highest BCUT2D eigenvalue weighted by Gasteiger charge is 2.08. The van der Waals surface area contributed by atoms with Crippen LogP contribution in [0.1, 0.15) is 31.9 Å². The van der Waals surface area contributed by atoms with Crippen molar-refractivity contribution in [2.24, 2.45) is 0 Å². The van der Waals surface area contributed by atoms with Crippen molar-refractivity contribution in [1.29, 1.82) is 0 Å². The lowest BCUT2D eigenvalue weighted by Gasteiger charge is -2.16. The van der Waals surface area contributed by atoms with Crippen LogP contribution < -0.4 is 10.1 Å². The maximum Gasteiger partial charge on any atom is 0.123 e. The average molecular weight is 193 g/mol. The van der Waals surface area contributed by atoms with E-state index in [1.165, 1.54) is 5.56 Å². The highest BCUT2D eigenvalue weighted by Crippen LogP contribution is 2.23. The van der Waals surface area contributed by atoms with Crippen LogP contribution in [-0.2, 0) is 0 Å². The van der Waals surface area contributed by atoms with Gasteiger partial charge in [-0.3, -0.25) is 0 Å². The second kappa shape index (κ2) is 5.66. The number of methoxy groups -OCH3 is 1. The summed E-state index contributed by atoms with van der Waals surface area (Å²) in [5.41, 5.74) is 1.23. The van der Waals surface area contributed by atoms with Crippen molar-refractivity contribution < 1.29 is 4.74 Å². The number of ether oxygens (including phenoxy) is 1. The lowest BCUT2D eigenvalue weighted by atomic mass is 10.1. The van der Waals surface area contributed by atoms with Crippen LogP contribution >= 0.6 is 0 Å². The molecule has 0 amide bonds. The second-order valence-electron chi connectivity index (χ2n) is 3.42. The van der Waals surface area contributed by atoms with E-state index >= 15 is 0 Å². The first-order chi connectivity index (χ1) is 6.79. The van der Waals surface area contributed by atoms with E-state index in [0.29, 0.717) is 6.04 Å². The smallest absolute Gasteiger partial charge is 0.123 e. The zero-order valence-electron chi connectivity index (χ0n) is 9.21. The monoisotopic (exact) mass is 193 g/mol. The Kier molecular flexibility index (Phi) is 4.47. The fourth-order valence-corrected chi connectivity index (χ4v) is 1.49. The third-order valence-corrected chi connectivity index (χ3v) is 2.31. The van der Waals surface area contributed by atoms with Crippen LogP contribution in [-0.4, -0.2) is 13.7 Å². The summed E-state index contributed by atoms with van der Waals surface area (Å²) in [7, 11) is 1.71. The number of hydrogen-bond acceptors (Lipinski definition) is 2. The number of benzene rings is 1. The zero-order chi connectivity index (χ0) is 10.4. The second-order valence-corrected chi connectivity index (χ2v) is 3.42. The summed E-state index contributed by atoms with van der Waals surface area (Å²) in [5.74, 6) is 0.962. The van der Waals surface area contributed by atoms with E-state index in [0.717, 1.165) is 18.7 Å². The van der Waals surface area contributed by atoms with E-state index in [1.807, 2.05) is 18.2 Å². The van der Waals surface area contributed by atoms with E-state index in [9.17, 15) is 0 Å². The molecule has 0 aromatic heterocycles. The third-order valence-electron chi connectivity index (χ3n) is 2.31. The fourth-order valence-electron chi connectivity index (χ4n) is 1.49. The highest BCUT2D eigenvalue weighted by atomic mass is 16.5. The molecule has 14 heavy (non-hydrogen) atoms. The van der Waals surface area contributed by atoms with Gasteiger partial charge in [0.05, 0.1) is 7.11 Å². The summed E-state index contributed by atoms with van der Waals surface area (Å²) in [5, 5.41) is 3.44. The predicted molar refractivity (Wildman–Crippen MR) is 59.7 cm³/mol. The standard InChI is InChI=1S/C12H19NO/c1-4-9-13-10(2)11-7-5-6-8-12(11)14-3/h5-8,10,13H,4,9H2,1-3H3/t10-/m0/s1. The molecule has 0 heterocycles. The first-order valence-corrected chi connectivity index (χ1v) is 5.16. The molecule has 1 aromatic rings. The highest BCUT2D eigenvalue weighted by molar-refractivity contribution is 5.35. The lowest BCUT2D eigenvalue weighted by molar-refractivity contribution is 0.401. The molecule has 2 nitrogen and oxygen atoms in total. The van der Waals surface area contributed by atoms with Gasteiger partial charge in [0.15, 0.2) is 0 Å². The van der Waals surface area contributed by atoms with Gasteiger partial charge in [0.2, 0.25) is 0 Å². The van der Waals surface area contributed by atoms with Gasteiger partial charge in [-0.2, -0.15) is 0 Å². The first kappa shape index (κ1) is 11.1. The van der Waals surface area contributed by atoms with Crippen molar-refractivity contribution in [3.8, 4) is 5.75 Å². The lowest BCUT2D eigenvalue weighted by Crippen LogP contribution is -2.19. The van der Waals surface area contributed by atoms with Gasteiger partial charge in [-0.15, -0.1) is 0 Å². The van der Waals surface area contributed by atoms with E-state index in [2.05, 4.69) is 25.2 Å². The maximum absolute atomic E-state index is 5.31. The average Bonchev–Trinajstić information content (AvgIpc) is 2.25. The van der Waals surface area contributed by atoms with Crippen LogP contribution in [0.25, 0.3) is 0 Å². The number of rotatable bonds is 5. The van der Waals surface area contributed by atoms with E-state index in [-0.39, 0.29) is 0 Å². The van der Waals surface area contributed by atoms with Crippen molar-refractivity contribution in [3.05, 3.63) is 29.8 Å². The molecule has 0 spiro atoms. The topological polar surface area (TPSA) is 21.3 Å². The molecule has 1 atom stereocenters. The van der Waals surface area contributed by atoms with Crippen molar-refractivity contribution in [2.75, 3.05) is 13.7 Å². The maximum atomic E-state index is 5.31. The number of para-hydroxylation sites is 1. The van der Waals surface area contributed by atoms with E-state index < -0.39 is 0 Å². The van der Waals surface area contributed by atoms with Gasteiger partial charge >= 0.3 is 0 Å². The molecule has 0 bridgehead atoms. The van der Waals surface area contributed by atoms with Crippen LogP contribution in [0.3, 0.4) is 0 Å². The summed E-state index contributed by atoms with van der Waals surface area (Å²) < 4.78 is 5.31. The fraction of sp³-hybridized carbons (Fsp3) is 0.500. The first-order valence-electron chi connectivity index (χ1n) is 5.16. The van der Waals surface area contributed by atoms with Gasteiger partial charge in [-0.1, -0.05) is 25.1 Å². The van der Waals surface area contributed by atoms with E-state index in [4.69, 9.17) is 4.74 Å². The molecular formula is C12H19NO. The van der Waals surface area contributed by atoms with Crippen LogP contribution in [0.4, 0.5) is 0 Å². The molecule has 2 heteroatoms. The molecule has 0 aliphatic carbocycles. The molecule has 0 radical (unpaired) electrons. The summed E-state index contributed by atoms with van der Waals surface area (Å²) in [6, 6.07) is 8.49. The SMILES string of the molecule is CCCN[C@@H](C)c1ccccc1OC. The van der Waals surface area contributed by atoms with Crippen molar-refractivity contribution in [3.63, 3.8) is 0 Å². The Hall–Kier alpha value is -1.02. The Morgan fingerprint density at radius 3 is 2.71 bits per heavy atom. The summed E-state index contributed by atoms with van der Waals surface area (Å²) in [6.07, 6.45) is 1.15. The molecule has 0 fully saturated rings. The predicted octanol–water partition coefficient (Wildman–Crippen LogP) is 2.76. The molecule has 1 N–H and O–H groups in total. The molecule has 0 aliphatic rings. The van der Waals surface area contributed by atoms with Gasteiger partial charge in [0.1, 0.15) is 5.75 Å². The minimum Gasteiger partial charge on any atom is -0.496 e.